The van der Waals surface area contributed by atoms with E-state index in [1.807, 2.05) is 0 Å². The zero-order chi connectivity index (χ0) is 16.8. The van der Waals surface area contributed by atoms with Crippen molar-refractivity contribution in [1.29, 1.82) is 0 Å². The van der Waals surface area contributed by atoms with Crippen LogP contribution in [0.25, 0.3) is 0 Å². The zero-order valence-electron chi connectivity index (χ0n) is 12.2. The van der Waals surface area contributed by atoms with Crippen LogP contribution in [0.1, 0.15) is 10.4 Å². The quantitative estimate of drug-likeness (QED) is 0.888. The molecule has 0 saturated carbocycles. The molecule has 0 unspecified atom stereocenters. The van der Waals surface area contributed by atoms with Crippen LogP contribution in [0.3, 0.4) is 0 Å². The molecule has 0 spiro atoms. The zero-order valence-corrected chi connectivity index (χ0v) is 12.2. The summed E-state index contributed by atoms with van der Waals surface area (Å²) in [4.78, 5) is 23.5. The molecule has 23 heavy (non-hydrogen) atoms. The van der Waals surface area contributed by atoms with E-state index in [0.717, 1.165) is 12.1 Å². The Kier molecular flexibility index (Phi) is 5.24. The summed E-state index contributed by atoms with van der Waals surface area (Å²) in [6.45, 7) is -0.346. The summed E-state index contributed by atoms with van der Waals surface area (Å²) in [5, 5.41) is 4.65. The van der Waals surface area contributed by atoms with Crippen LogP contribution < -0.4 is 15.4 Å². The average Bonchev–Trinajstić information content (AvgIpc) is 2.55. The van der Waals surface area contributed by atoms with Gasteiger partial charge in [0.15, 0.2) is 0 Å². The third-order valence-corrected chi connectivity index (χ3v) is 2.97. The van der Waals surface area contributed by atoms with Gasteiger partial charge in [-0.2, -0.15) is 0 Å². The van der Waals surface area contributed by atoms with Crippen LogP contribution in [0.2, 0.25) is 0 Å². The van der Waals surface area contributed by atoms with Crippen LogP contribution in [0.5, 0.6) is 5.75 Å². The molecular formula is C16H14F2N2O3. The minimum Gasteiger partial charge on any atom is -0.497 e. The minimum atomic E-state index is -0.889. The van der Waals surface area contributed by atoms with Crippen molar-refractivity contribution in [3.05, 3.63) is 59.7 Å². The molecule has 120 valence electrons. The van der Waals surface area contributed by atoms with Crippen molar-refractivity contribution in [3.63, 3.8) is 0 Å². The van der Waals surface area contributed by atoms with Gasteiger partial charge >= 0.3 is 0 Å². The first-order valence-corrected chi connectivity index (χ1v) is 6.67. The Bertz CT molecular complexity index is 718. The summed E-state index contributed by atoms with van der Waals surface area (Å²) >= 11 is 0. The molecule has 0 aromatic heterocycles. The largest absolute Gasteiger partial charge is 0.497 e. The number of rotatable bonds is 5. The van der Waals surface area contributed by atoms with Gasteiger partial charge in [0.1, 0.15) is 17.4 Å². The van der Waals surface area contributed by atoms with Gasteiger partial charge in [-0.1, -0.05) is 0 Å². The first kappa shape index (κ1) is 16.4. The van der Waals surface area contributed by atoms with Crippen LogP contribution in [0.15, 0.2) is 42.5 Å². The second kappa shape index (κ2) is 7.35. The van der Waals surface area contributed by atoms with E-state index in [9.17, 15) is 18.4 Å². The van der Waals surface area contributed by atoms with Gasteiger partial charge in [0, 0.05) is 11.6 Å². The summed E-state index contributed by atoms with van der Waals surface area (Å²) in [6.07, 6.45) is 0. The first-order chi connectivity index (χ1) is 11.0. The Morgan fingerprint density at radius 3 is 2.39 bits per heavy atom. The fourth-order valence-corrected chi connectivity index (χ4v) is 1.79. The van der Waals surface area contributed by atoms with Crippen LogP contribution in [-0.4, -0.2) is 25.5 Å². The molecule has 0 heterocycles. The highest BCUT2D eigenvalue weighted by molar-refractivity contribution is 5.99. The lowest BCUT2D eigenvalue weighted by atomic mass is 10.2. The van der Waals surface area contributed by atoms with Crippen LogP contribution in [0.4, 0.5) is 14.5 Å². The summed E-state index contributed by atoms with van der Waals surface area (Å²) in [5.74, 6) is -2.11. The normalized spacial score (nSPS) is 10.0. The second-order valence-electron chi connectivity index (χ2n) is 4.58. The van der Waals surface area contributed by atoms with Gasteiger partial charge in [-0.3, -0.25) is 9.59 Å². The third kappa shape index (κ3) is 4.50. The molecular weight excluding hydrogens is 306 g/mol. The standard InChI is InChI=1S/C16H14F2N2O3/c1-23-12-5-2-10(3-6-12)16(22)19-9-15(21)20-14-7-4-11(17)8-13(14)18/h2-8H,9H2,1H3,(H,19,22)(H,20,21). The molecule has 2 aromatic carbocycles. The van der Waals surface area contributed by atoms with Gasteiger partial charge in [-0.15, -0.1) is 0 Å². The highest BCUT2D eigenvalue weighted by Gasteiger charge is 2.10. The number of halogens is 2. The minimum absolute atomic E-state index is 0.157. The second-order valence-corrected chi connectivity index (χ2v) is 4.58. The number of benzene rings is 2. The number of ether oxygens (including phenoxy) is 1. The van der Waals surface area contributed by atoms with Crippen molar-refractivity contribution in [2.45, 2.75) is 0 Å². The highest BCUT2D eigenvalue weighted by Crippen LogP contribution is 2.14. The van der Waals surface area contributed by atoms with Crippen LogP contribution in [-0.2, 0) is 4.79 Å². The summed E-state index contributed by atoms with van der Waals surface area (Å²) < 4.78 is 31.1. The van der Waals surface area contributed by atoms with Gasteiger partial charge in [0.25, 0.3) is 5.91 Å². The monoisotopic (exact) mass is 320 g/mol. The Labute approximate surface area is 131 Å². The molecule has 0 atom stereocenters. The molecule has 2 rings (SSSR count). The Hall–Kier alpha value is -2.96. The number of methoxy groups -OCH3 is 1. The number of anilines is 1. The molecule has 0 aliphatic rings. The summed E-state index contributed by atoms with van der Waals surface area (Å²) in [7, 11) is 1.51. The molecule has 0 aliphatic heterocycles. The molecule has 5 nitrogen and oxygen atoms in total. The van der Waals surface area contributed by atoms with Gasteiger partial charge in [-0.25, -0.2) is 8.78 Å². The van der Waals surface area contributed by atoms with E-state index in [1.54, 1.807) is 24.3 Å². The van der Waals surface area contributed by atoms with Gasteiger partial charge in [-0.05, 0) is 36.4 Å². The predicted octanol–water partition coefficient (Wildman–Crippen LogP) is 2.34. The SMILES string of the molecule is COc1ccc(C(=O)NCC(=O)Nc2ccc(F)cc2F)cc1. The predicted molar refractivity (Wildman–Crippen MR) is 80.3 cm³/mol. The maximum absolute atomic E-state index is 13.4. The maximum Gasteiger partial charge on any atom is 0.251 e. The number of hydrogen-bond acceptors (Lipinski definition) is 3. The number of carbonyl (C=O) groups excluding carboxylic acids is 2. The number of amides is 2. The van der Waals surface area contributed by atoms with Crippen molar-refractivity contribution < 1.29 is 23.1 Å². The lowest BCUT2D eigenvalue weighted by molar-refractivity contribution is -0.115. The fourth-order valence-electron chi connectivity index (χ4n) is 1.79. The van der Waals surface area contributed by atoms with E-state index >= 15 is 0 Å². The average molecular weight is 320 g/mol. The topological polar surface area (TPSA) is 67.4 Å². The van der Waals surface area contributed by atoms with E-state index in [0.29, 0.717) is 17.4 Å². The van der Waals surface area contributed by atoms with E-state index in [1.165, 1.54) is 7.11 Å². The lowest BCUT2D eigenvalue weighted by Gasteiger charge is -2.08. The molecule has 0 radical (unpaired) electrons. The van der Waals surface area contributed by atoms with Crippen LogP contribution >= 0.6 is 0 Å². The Morgan fingerprint density at radius 2 is 1.78 bits per heavy atom. The number of carbonyl (C=O) groups is 2. The van der Waals surface area contributed by atoms with E-state index < -0.39 is 23.4 Å². The van der Waals surface area contributed by atoms with Crippen molar-refractivity contribution in [1.82, 2.24) is 5.32 Å². The summed E-state index contributed by atoms with van der Waals surface area (Å²) in [5.41, 5.74) is 0.196. The van der Waals surface area contributed by atoms with Crippen molar-refractivity contribution >= 4 is 17.5 Å². The summed E-state index contributed by atoms with van der Waals surface area (Å²) in [6, 6.07) is 9.11. The molecule has 2 amide bonds. The van der Waals surface area contributed by atoms with Gasteiger partial charge < -0.3 is 15.4 Å². The lowest BCUT2D eigenvalue weighted by Crippen LogP contribution is -2.33. The molecule has 0 saturated heterocycles. The highest BCUT2D eigenvalue weighted by atomic mass is 19.1. The van der Waals surface area contributed by atoms with Gasteiger partial charge in [0.05, 0.1) is 19.3 Å². The number of nitrogens with one attached hydrogen (secondary N) is 2. The smallest absolute Gasteiger partial charge is 0.251 e. The molecule has 0 fully saturated rings. The maximum atomic E-state index is 13.4. The van der Waals surface area contributed by atoms with Gasteiger partial charge in [0.2, 0.25) is 5.91 Å². The van der Waals surface area contributed by atoms with E-state index in [-0.39, 0.29) is 12.2 Å². The van der Waals surface area contributed by atoms with Crippen molar-refractivity contribution in [3.8, 4) is 5.75 Å². The molecule has 0 aliphatic carbocycles. The molecule has 0 bridgehead atoms. The van der Waals surface area contributed by atoms with Crippen molar-refractivity contribution in [2.24, 2.45) is 0 Å². The van der Waals surface area contributed by atoms with E-state index in [4.69, 9.17) is 4.74 Å². The fraction of sp³-hybridized carbons (Fsp3) is 0.125. The molecule has 2 aromatic rings. The number of hydrogen-bond donors (Lipinski definition) is 2. The van der Waals surface area contributed by atoms with E-state index in [2.05, 4.69) is 10.6 Å². The van der Waals surface area contributed by atoms with Crippen molar-refractivity contribution in [2.75, 3.05) is 19.0 Å². The molecule has 7 heteroatoms. The Morgan fingerprint density at radius 1 is 1.09 bits per heavy atom. The van der Waals surface area contributed by atoms with Crippen LogP contribution in [0, 0.1) is 11.6 Å². The third-order valence-electron chi connectivity index (χ3n) is 2.97. The molecule has 2 N–H and O–H groups in total. The first-order valence-electron chi connectivity index (χ1n) is 6.67. The Balaban J connectivity index is 1.89.